The molecule has 0 unspecified atom stereocenters. The molecule has 0 aliphatic carbocycles. The number of halogens is 1. The molecular weight excluding hydrogens is 362 g/mol. The van der Waals surface area contributed by atoms with Crippen LogP contribution in [-0.4, -0.2) is 30.7 Å². The summed E-state index contributed by atoms with van der Waals surface area (Å²) in [6.45, 7) is 4.79. The lowest BCUT2D eigenvalue weighted by atomic mass is 10.0. The minimum absolute atomic E-state index is 0.0741. The van der Waals surface area contributed by atoms with Crippen LogP contribution in [0.5, 0.6) is 5.75 Å². The molecule has 2 N–H and O–H groups in total. The lowest BCUT2D eigenvalue weighted by Crippen LogP contribution is -2.48. The van der Waals surface area contributed by atoms with Crippen molar-refractivity contribution in [1.29, 1.82) is 0 Å². The first-order chi connectivity index (χ1) is 11.1. The van der Waals surface area contributed by atoms with E-state index in [4.69, 9.17) is 9.26 Å². The number of hydrogen-bond donors (Lipinski definition) is 2. The van der Waals surface area contributed by atoms with Crippen LogP contribution >= 0.6 is 15.9 Å². The van der Waals surface area contributed by atoms with Gasteiger partial charge in [0.05, 0.1) is 10.2 Å². The monoisotopic (exact) mass is 379 g/mol. The van der Waals surface area contributed by atoms with Crippen molar-refractivity contribution in [3.05, 3.63) is 45.8 Å². The Balaban J connectivity index is 1.57. The standard InChI is InChI=1S/C16H18BrN3O3/c1-10-4-13(23-20-10)9-22-15-3-2-12(5-14(15)17)16(21)19-8-11-6-18-7-11/h2-5,11,18H,6-9H2,1H3,(H,19,21). The molecule has 1 amide bonds. The highest BCUT2D eigenvalue weighted by Crippen LogP contribution is 2.27. The zero-order chi connectivity index (χ0) is 16.2. The number of ether oxygens (including phenoxy) is 1. The Labute approximate surface area is 142 Å². The second-order valence-electron chi connectivity index (χ2n) is 5.60. The summed E-state index contributed by atoms with van der Waals surface area (Å²) in [5, 5.41) is 9.94. The normalized spacial score (nSPS) is 14.3. The molecule has 23 heavy (non-hydrogen) atoms. The summed E-state index contributed by atoms with van der Waals surface area (Å²) in [5.41, 5.74) is 1.42. The molecule has 122 valence electrons. The van der Waals surface area contributed by atoms with Gasteiger partial charge in [-0.1, -0.05) is 5.16 Å². The summed E-state index contributed by atoms with van der Waals surface area (Å²) in [7, 11) is 0. The Hall–Kier alpha value is -1.86. The van der Waals surface area contributed by atoms with E-state index in [1.54, 1.807) is 18.2 Å². The molecule has 2 heterocycles. The van der Waals surface area contributed by atoms with Gasteiger partial charge in [0, 0.05) is 37.2 Å². The third-order valence-electron chi connectivity index (χ3n) is 3.66. The highest BCUT2D eigenvalue weighted by molar-refractivity contribution is 9.10. The Bertz CT molecular complexity index is 698. The number of aryl methyl sites for hydroxylation is 1. The fraction of sp³-hybridized carbons (Fsp3) is 0.375. The Kier molecular flexibility index (Phi) is 4.97. The van der Waals surface area contributed by atoms with Crippen molar-refractivity contribution in [3.63, 3.8) is 0 Å². The summed E-state index contributed by atoms with van der Waals surface area (Å²) in [6, 6.07) is 7.10. The van der Waals surface area contributed by atoms with E-state index in [1.165, 1.54) is 0 Å². The molecular formula is C16H18BrN3O3. The number of carbonyl (C=O) groups excluding carboxylic acids is 1. The molecule has 0 saturated carbocycles. The van der Waals surface area contributed by atoms with Crippen molar-refractivity contribution < 1.29 is 14.1 Å². The predicted molar refractivity (Wildman–Crippen MR) is 88.4 cm³/mol. The lowest BCUT2D eigenvalue weighted by Gasteiger charge is -2.27. The van der Waals surface area contributed by atoms with Gasteiger partial charge in [-0.25, -0.2) is 0 Å². The van der Waals surface area contributed by atoms with Crippen molar-refractivity contribution in [2.75, 3.05) is 19.6 Å². The number of carbonyl (C=O) groups is 1. The minimum Gasteiger partial charge on any atom is -0.484 e. The number of nitrogens with one attached hydrogen (secondary N) is 2. The molecule has 3 rings (SSSR count). The van der Waals surface area contributed by atoms with E-state index in [1.807, 2.05) is 13.0 Å². The van der Waals surface area contributed by atoms with Crippen molar-refractivity contribution in [2.45, 2.75) is 13.5 Å². The van der Waals surface area contributed by atoms with E-state index >= 15 is 0 Å². The molecule has 1 aliphatic rings. The number of aromatic nitrogens is 1. The van der Waals surface area contributed by atoms with Gasteiger partial charge in [0.1, 0.15) is 12.4 Å². The maximum atomic E-state index is 12.1. The topological polar surface area (TPSA) is 76.4 Å². The second-order valence-corrected chi connectivity index (χ2v) is 6.46. The van der Waals surface area contributed by atoms with Gasteiger partial charge in [-0.2, -0.15) is 0 Å². The second kappa shape index (κ2) is 7.14. The first-order valence-corrected chi connectivity index (χ1v) is 8.24. The van der Waals surface area contributed by atoms with E-state index < -0.39 is 0 Å². The number of amides is 1. The predicted octanol–water partition coefficient (Wildman–Crippen LogP) is 2.27. The van der Waals surface area contributed by atoms with Crippen LogP contribution in [0.1, 0.15) is 21.8 Å². The minimum atomic E-state index is -0.0741. The van der Waals surface area contributed by atoms with Gasteiger partial charge in [-0.3, -0.25) is 4.79 Å². The van der Waals surface area contributed by atoms with Gasteiger partial charge in [-0.05, 0) is 41.1 Å². The molecule has 1 aromatic heterocycles. The lowest BCUT2D eigenvalue weighted by molar-refractivity contribution is 0.0942. The number of hydrogen-bond acceptors (Lipinski definition) is 5. The first kappa shape index (κ1) is 16.0. The summed E-state index contributed by atoms with van der Waals surface area (Å²) >= 11 is 3.44. The largest absolute Gasteiger partial charge is 0.484 e. The van der Waals surface area contributed by atoms with Gasteiger partial charge in [0.2, 0.25) is 0 Å². The molecule has 2 aromatic rings. The molecule has 1 aliphatic heterocycles. The molecule has 7 heteroatoms. The zero-order valence-electron chi connectivity index (χ0n) is 12.8. The smallest absolute Gasteiger partial charge is 0.251 e. The number of rotatable bonds is 6. The molecule has 1 fully saturated rings. The SMILES string of the molecule is Cc1cc(COc2ccc(C(=O)NCC3CNC3)cc2Br)on1. The van der Waals surface area contributed by atoms with Gasteiger partial charge < -0.3 is 19.9 Å². The fourth-order valence-corrected chi connectivity index (χ4v) is 2.72. The van der Waals surface area contributed by atoms with Crippen LogP contribution in [-0.2, 0) is 6.61 Å². The van der Waals surface area contributed by atoms with E-state index in [0.29, 0.717) is 36.1 Å². The van der Waals surface area contributed by atoms with Gasteiger partial charge in [0.15, 0.2) is 5.76 Å². The highest BCUT2D eigenvalue weighted by atomic mass is 79.9. The molecule has 1 saturated heterocycles. The van der Waals surface area contributed by atoms with E-state index in [9.17, 15) is 4.79 Å². The highest BCUT2D eigenvalue weighted by Gasteiger charge is 2.18. The third-order valence-corrected chi connectivity index (χ3v) is 4.28. The van der Waals surface area contributed by atoms with Gasteiger partial charge in [-0.15, -0.1) is 0 Å². The summed E-state index contributed by atoms with van der Waals surface area (Å²) < 4.78 is 11.5. The van der Waals surface area contributed by atoms with Crippen molar-refractivity contribution in [3.8, 4) is 5.75 Å². The first-order valence-electron chi connectivity index (χ1n) is 7.45. The van der Waals surface area contributed by atoms with Gasteiger partial charge >= 0.3 is 0 Å². The van der Waals surface area contributed by atoms with Crippen LogP contribution in [0, 0.1) is 12.8 Å². The maximum absolute atomic E-state index is 12.1. The Morgan fingerprint density at radius 3 is 2.91 bits per heavy atom. The maximum Gasteiger partial charge on any atom is 0.251 e. The fourth-order valence-electron chi connectivity index (χ4n) is 2.22. The zero-order valence-corrected chi connectivity index (χ0v) is 14.4. The quantitative estimate of drug-likeness (QED) is 0.804. The Morgan fingerprint density at radius 1 is 1.48 bits per heavy atom. The van der Waals surface area contributed by atoms with E-state index in [-0.39, 0.29) is 5.91 Å². The molecule has 0 radical (unpaired) electrons. The van der Waals surface area contributed by atoms with Crippen molar-refractivity contribution in [1.82, 2.24) is 15.8 Å². The molecule has 0 atom stereocenters. The van der Waals surface area contributed by atoms with Crippen LogP contribution in [0.2, 0.25) is 0 Å². The average Bonchev–Trinajstić information content (AvgIpc) is 2.90. The number of nitrogens with zero attached hydrogens (tertiary/aromatic N) is 1. The molecule has 0 spiro atoms. The van der Waals surface area contributed by atoms with Crippen molar-refractivity contribution >= 4 is 21.8 Å². The van der Waals surface area contributed by atoms with Crippen LogP contribution in [0.4, 0.5) is 0 Å². The summed E-state index contributed by atoms with van der Waals surface area (Å²) in [5.74, 6) is 1.77. The summed E-state index contributed by atoms with van der Waals surface area (Å²) in [4.78, 5) is 12.1. The molecule has 0 bridgehead atoms. The summed E-state index contributed by atoms with van der Waals surface area (Å²) in [6.07, 6.45) is 0. The van der Waals surface area contributed by atoms with Crippen LogP contribution in [0.15, 0.2) is 33.3 Å². The average molecular weight is 380 g/mol. The molecule has 1 aromatic carbocycles. The van der Waals surface area contributed by atoms with E-state index in [2.05, 4.69) is 31.7 Å². The van der Waals surface area contributed by atoms with Gasteiger partial charge in [0.25, 0.3) is 5.91 Å². The number of benzene rings is 1. The Morgan fingerprint density at radius 2 is 2.30 bits per heavy atom. The third kappa shape index (κ3) is 4.11. The van der Waals surface area contributed by atoms with Crippen molar-refractivity contribution in [2.24, 2.45) is 5.92 Å². The van der Waals surface area contributed by atoms with Crippen LogP contribution < -0.4 is 15.4 Å². The molecule has 6 nitrogen and oxygen atoms in total. The van der Waals surface area contributed by atoms with Crippen LogP contribution in [0.3, 0.4) is 0 Å². The van der Waals surface area contributed by atoms with Crippen LogP contribution in [0.25, 0.3) is 0 Å². The van der Waals surface area contributed by atoms with E-state index in [0.717, 1.165) is 23.3 Å².